The largest absolute Gasteiger partial charge is 0.371 e. The zero-order valence-corrected chi connectivity index (χ0v) is 15.9. The summed E-state index contributed by atoms with van der Waals surface area (Å²) >= 11 is 0. The summed E-state index contributed by atoms with van der Waals surface area (Å²) in [6.45, 7) is 10.8. The van der Waals surface area contributed by atoms with Crippen molar-refractivity contribution in [3.63, 3.8) is 0 Å². The maximum atomic E-state index is 13.2. The van der Waals surface area contributed by atoms with Crippen LogP contribution in [0.5, 0.6) is 0 Å². The number of Topliss-reactive ketones (excluding diaryl/α,β-unsaturated/α-hetero) is 1. The van der Waals surface area contributed by atoms with Gasteiger partial charge in [0.1, 0.15) is 5.82 Å². The predicted molar refractivity (Wildman–Crippen MR) is 101 cm³/mol. The van der Waals surface area contributed by atoms with Crippen molar-refractivity contribution in [2.45, 2.75) is 40.3 Å². The van der Waals surface area contributed by atoms with Crippen molar-refractivity contribution in [1.82, 2.24) is 4.90 Å². The summed E-state index contributed by atoms with van der Waals surface area (Å²) < 4.78 is 19.1. The summed E-state index contributed by atoms with van der Waals surface area (Å²) in [5.41, 5.74) is 6.41. The van der Waals surface area contributed by atoms with Crippen molar-refractivity contribution in [2.75, 3.05) is 19.7 Å². The van der Waals surface area contributed by atoms with Gasteiger partial charge in [-0.2, -0.15) is 0 Å². The summed E-state index contributed by atoms with van der Waals surface area (Å²) in [4.78, 5) is 14.4. The fourth-order valence-corrected chi connectivity index (χ4v) is 3.96. The van der Waals surface area contributed by atoms with Crippen LogP contribution in [0, 0.1) is 26.6 Å². The fourth-order valence-electron chi connectivity index (χ4n) is 3.96. The number of nitrogens with zero attached hydrogens (tertiary/aromatic N) is 1. The van der Waals surface area contributed by atoms with Crippen molar-refractivity contribution in [3.8, 4) is 0 Å². The van der Waals surface area contributed by atoms with Gasteiger partial charge < -0.3 is 4.74 Å². The number of hydrogen-bond acceptors (Lipinski definition) is 3. The molecule has 0 amide bonds. The lowest BCUT2D eigenvalue weighted by atomic mass is 9.91. The highest BCUT2D eigenvalue weighted by Crippen LogP contribution is 2.27. The quantitative estimate of drug-likeness (QED) is 0.755. The summed E-state index contributed by atoms with van der Waals surface area (Å²) in [5, 5.41) is 0. The molecule has 0 radical (unpaired) electrons. The first kappa shape index (κ1) is 18.7. The molecule has 2 aromatic rings. The minimum absolute atomic E-state index is 0.0531. The van der Waals surface area contributed by atoms with Crippen LogP contribution in [0.3, 0.4) is 0 Å². The Hall–Kier alpha value is -2.04. The van der Waals surface area contributed by atoms with E-state index in [-0.39, 0.29) is 17.7 Å². The highest BCUT2D eigenvalue weighted by Gasteiger charge is 2.24. The van der Waals surface area contributed by atoms with Crippen molar-refractivity contribution in [3.05, 3.63) is 69.5 Å². The third-order valence-corrected chi connectivity index (χ3v) is 5.26. The van der Waals surface area contributed by atoms with Gasteiger partial charge in [-0.05, 0) is 67.6 Å². The minimum Gasteiger partial charge on any atom is -0.371 e. The molecule has 1 saturated heterocycles. The molecule has 0 N–H and O–H groups in total. The third-order valence-electron chi connectivity index (χ3n) is 5.26. The van der Waals surface area contributed by atoms with E-state index < -0.39 is 0 Å². The highest BCUT2D eigenvalue weighted by molar-refractivity contribution is 5.97. The lowest BCUT2D eigenvalue weighted by Crippen LogP contribution is -2.38. The zero-order chi connectivity index (χ0) is 18.8. The maximum absolute atomic E-state index is 13.2. The average molecular weight is 355 g/mol. The second-order valence-corrected chi connectivity index (χ2v) is 7.19. The molecule has 138 valence electrons. The number of rotatable bonds is 4. The van der Waals surface area contributed by atoms with Gasteiger partial charge in [0.05, 0.1) is 12.7 Å². The number of halogens is 1. The number of carbonyl (C=O) groups is 1. The number of hydrogen-bond donors (Lipinski definition) is 0. The van der Waals surface area contributed by atoms with Crippen molar-refractivity contribution >= 4 is 5.78 Å². The molecule has 0 saturated carbocycles. The van der Waals surface area contributed by atoms with Gasteiger partial charge in [0.15, 0.2) is 5.78 Å². The number of benzene rings is 2. The smallest absolute Gasteiger partial charge is 0.160 e. The van der Waals surface area contributed by atoms with E-state index >= 15 is 0 Å². The molecule has 0 bridgehead atoms. The summed E-state index contributed by atoms with van der Waals surface area (Å²) in [5.74, 6) is -0.114. The van der Waals surface area contributed by atoms with Gasteiger partial charge >= 0.3 is 0 Å². The van der Waals surface area contributed by atoms with Crippen LogP contribution in [0.2, 0.25) is 0 Å². The molecule has 26 heavy (non-hydrogen) atoms. The highest BCUT2D eigenvalue weighted by atomic mass is 19.1. The van der Waals surface area contributed by atoms with E-state index in [9.17, 15) is 9.18 Å². The Bertz CT molecular complexity index is 814. The molecule has 2 aromatic carbocycles. The Morgan fingerprint density at radius 3 is 2.54 bits per heavy atom. The number of ether oxygens (including phenoxy) is 1. The van der Waals surface area contributed by atoms with Crippen LogP contribution < -0.4 is 0 Å². The van der Waals surface area contributed by atoms with Crippen LogP contribution in [0.1, 0.15) is 51.2 Å². The topological polar surface area (TPSA) is 29.5 Å². The zero-order valence-electron chi connectivity index (χ0n) is 15.9. The lowest BCUT2D eigenvalue weighted by Gasteiger charge is -2.34. The SMILES string of the molecule is CC(=O)c1c(C)cc(C)c(CN2CCOC(c3ccc(F)cc3)C2)c1C. The van der Waals surface area contributed by atoms with Crippen LogP contribution in [-0.4, -0.2) is 30.4 Å². The van der Waals surface area contributed by atoms with Crippen LogP contribution in [-0.2, 0) is 11.3 Å². The van der Waals surface area contributed by atoms with Gasteiger partial charge in [-0.3, -0.25) is 9.69 Å². The van der Waals surface area contributed by atoms with E-state index in [2.05, 4.69) is 17.9 Å². The molecule has 4 heteroatoms. The molecule has 0 spiro atoms. The summed E-state index contributed by atoms with van der Waals surface area (Å²) in [6, 6.07) is 8.65. The monoisotopic (exact) mass is 355 g/mol. The first-order valence-electron chi connectivity index (χ1n) is 9.07. The molecule has 1 heterocycles. The Labute approximate surface area is 154 Å². The van der Waals surface area contributed by atoms with E-state index in [1.807, 2.05) is 13.8 Å². The first-order valence-corrected chi connectivity index (χ1v) is 9.07. The normalized spacial score (nSPS) is 18.1. The average Bonchev–Trinajstić information content (AvgIpc) is 2.59. The second kappa shape index (κ2) is 7.68. The first-order chi connectivity index (χ1) is 12.4. The number of aryl methyl sites for hydroxylation is 2. The van der Waals surface area contributed by atoms with Crippen LogP contribution in [0.15, 0.2) is 30.3 Å². The molecule has 1 atom stereocenters. The molecule has 0 aliphatic carbocycles. The summed E-state index contributed by atoms with van der Waals surface area (Å²) in [6.07, 6.45) is -0.0531. The molecular weight excluding hydrogens is 329 g/mol. The van der Waals surface area contributed by atoms with Crippen molar-refractivity contribution in [1.29, 1.82) is 0 Å². The molecule has 1 aliphatic heterocycles. The van der Waals surface area contributed by atoms with Gasteiger partial charge in [0, 0.05) is 25.2 Å². The second-order valence-electron chi connectivity index (χ2n) is 7.19. The number of morpholine rings is 1. The van der Waals surface area contributed by atoms with E-state index in [1.54, 1.807) is 19.1 Å². The lowest BCUT2D eigenvalue weighted by molar-refractivity contribution is -0.0330. The van der Waals surface area contributed by atoms with E-state index in [4.69, 9.17) is 4.74 Å². The molecule has 1 unspecified atom stereocenters. The molecule has 3 nitrogen and oxygen atoms in total. The van der Waals surface area contributed by atoms with Crippen LogP contribution in [0.25, 0.3) is 0 Å². The number of ketones is 1. The predicted octanol–water partition coefficient (Wildman–Crippen LogP) is 4.53. The molecular formula is C22H26FNO2. The molecule has 1 aliphatic rings. The Morgan fingerprint density at radius 2 is 1.88 bits per heavy atom. The van der Waals surface area contributed by atoms with Crippen LogP contribution >= 0.6 is 0 Å². The standard InChI is InChI=1S/C22H26FNO2/c1-14-11-15(2)22(17(4)25)16(3)20(14)12-24-9-10-26-21(13-24)18-5-7-19(23)8-6-18/h5-8,11,21H,9-10,12-13H2,1-4H3. The van der Waals surface area contributed by atoms with Gasteiger partial charge in [-0.25, -0.2) is 4.39 Å². The van der Waals surface area contributed by atoms with Crippen molar-refractivity contribution in [2.24, 2.45) is 0 Å². The molecule has 3 rings (SSSR count). The molecule has 1 fully saturated rings. The Kier molecular flexibility index (Phi) is 5.54. The van der Waals surface area contributed by atoms with Gasteiger partial charge in [0.2, 0.25) is 0 Å². The minimum atomic E-state index is -0.232. The van der Waals surface area contributed by atoms with E-state index in [1.165, 1.54) is 23.3 Å². The van der Waals surface area contributed by atoms with Crippen molar-refractivity contribution < 1.29 is 13.9 Å². The van der Waals surface area contributed by atoms with Gasteiger partial charge in [-0.15, -0.1) is 0 Å². The van der Waals surface area contributed by atoms with Crippen LogP contribution in [0.4, 0.5) is 4.39 Å². The Morgan fingerprint density at radius 1 is 1.19 bits per heavy atom. The summed E-state index contributed by atoms with van der Waals surface area (Å²) in [7, 11) is 0. The van der Waals surface area contributed by atoms with Gasteiger partial charge in [0.25, 0.3) is 0 Å². The number of carbonyl (C=O) groups excluding carboxylic acids is 1. The van der Waals surface area contributed by atoms with E-state index in [0.29, 0.717) is 6.61 Å². The third kappa shape index (κ3) is 3.87. The Balaban J connectivity index is 1.81. The van der Waals surface area contributed by atoms with Gasteiger partial charge in [-0.1, -0.05) is 18.2 Å². The van der Waals surface area contributed by atoms with E-state index in [0.717, 1.165) is 41.9 Å². The fraction of sp³-hybridized carbons (Fsp3) is 0.409. The molecule has 0 aromatic heterocycles. The maximum Gasteiger partial charge on any atom is 0.160 e.